The van der Waals surface area contributed by atoms with Gasteiger partial charge in [0, 0.05) is 19.3 Å². The topological polar surface area (TPSA) is 56.8 Å². The molecule has 3 rings (SSSR count). The van der Waals surface area contributed by atoms with Crippen LogP contribution in [0.4, 0.5) is 4.39 Å². The van der Waals surface area contributed by atoms with Crippen LogP contribution in [0, 0.1) is 5.82 Å². The quantitative estimate of drug-likeness (QED) is 0.849. The predicted molar refractivity (Wildman–Crippen MR) is 93.4 cm³/mol. The van der Waals surface area contributed by atoms with Gasteiger partial charge in [0.25, 0.3) is 5.91 Å². The van der Waals surface area contributed by atoms with Crippen molar-refractivity contribution in [2.24, 2.45) is 0 Å². The summed E-state index contributed by atoms with van der Waals surface area (Å²) in [6.07, 6.45) is 1.48. The SMILES string of the molecule is CC1(C)OB(c2ccc(F)c(C(=O)NC3CCOCC3)c2)OC1(C)C. The number of carbonyl (C=O) groups excluding carboxylic acids is 1. The number of halogens is 1. The second-order valence-electron chi connectivity index (χ2n) is 7.69. The van der Waals surface area contributed by atoms with Crippen molar-refractivity contribution in [2.75, 3.05) is 13.2 Å². The maximum atomic E-state index is 14.2. The molecular weight excluding hydrogens is 324 g/mol. The van der Waals surface area contributed by atoms with E-state index in [1.165, 1.54) is 12.1 Å². The second kappa shape index (κ2) is 6.70. The summed E-state index contributed by atoms with van der Waals surface area (Å²) < 4.78 is 31.4. The van der Waals surface area contributed by atoms with Gasteiger partial charge in [0.1, 0.15) is 5.82 Å². The van der Waals surface area contributed by atoms with E-state index in [1.54, 1.807) is 6.07 Å². The first kappa shape index (κ1) is 18.4. The van der Waals surface area contributed by atoms with Crippen LogP contribution in [0.15, 0.2) is 18.2 Å². The van der Waals surface area contributed by atoms with Crippen molar-refractivity contribution in [3.63, 3.8) is 0 Å². The number of hydrogen-bond acceptors (Lipinski definition) is 4. The highest BCUT2D eigenvalue weighted by molar-refractivity contribution is 6.62. The molecule has 1 N–H and O–H groups in total. The van der Waals surface area contributed by atoms with E-state index in [-0.39, 0.29) is 11.6 Å². The average Bonchev–Trinajstić information content (AvgIpc) is 2.76. The molecule has 0 saturated carbocycles. The normalized spacial score (nSPS) is 22.8. The van der Waals surface area contributed by atoms with Crippen molar-refractivity contribution in [1.29, 1.82) is 0 Å². The summed E-state index contributed by atoms with van der Waals surface area (Å²) in [5.74, 6) is -0.965. The first-order valence-electron chi connectivity index (χ1n) is 8.73. The van der Waals surface area contributed by atoms with Crippen LogP contribution in [0.1, 0.15) is 50.9 Å². The number of carbonyl (C=O) groups is 1. The minimum atomic E-state index is -0.625. The highest BCUT2D eigenvalue weighted by Crippen LogP contribution is 2.36. The van der Waals surface area contributed by atoms with Crippen LogP contribution in [0.3, 0.4) is 0 Å². The molecule has 1 aromatic carbocycles. The van der Waals surface area contributed by atoms with E-state index in [9.17, 15) is 9.18 Å². The monoisotopic (exact) mass is 349 g/mol. The highest BCUT2D eigenvalue weighted by Gasteiger charge is 2.51. The van der Waals surface area contributed by atoms with E-state index in [1.807, 2.05) is 27.7 Å². The molecule has 2 fully saturated rings. The molecule has 0 spiro atoms. The van der Waals surface area contributed by atoms with Crippen LogP contribution >= 0.6 is 0 Å². The summed E-state index contributed by atoms with van der Waals surface area (Å²) >= 11 is 0. The number of ether oxygens (including phenoxy) is 1. The number of rotatable bonds is 3. The largest absolute Gasteiger partial charge is 0.494 e. The lowest BCUT2D eigenvalue weighted by Crippen LogP contribution is -2.41. The fraction of sp³-hybridized carbons (Fsp3) is 0.611. The Hall–Kier alpha value is -1.44. The molecular formula is C18H25BFNO4. The first-order valence-corrected chi connectivity index (χ1v) is 8.73. The molecule has 136 valence electrons. The maximum Gasteiger partial charge on any atom is 0.494 e. The number of benzene rings is 1. The molecule has 0 bridgehead atoms. The van der Waals surface area contributed by atoms with E-state index < -0.39 is 30.0 Å². The van der Waals surface area contributed by atoms with Gasteiger partial charge in [0.05, 0.1) is 16.8 Å². The molecule has 2 heterocycles. The lowest BCUT2D eigenvalue weighted by atomic mass is 9.78. The maximum absolute atomic E-state index is 14.2. The average molecular weight is 349 g/mol. The molecule has 5 nitrogen and oxygen atoms in total. The Bertz CT molecular complexity index is 642. The summed E-state index contributed by atoms with van der Waals surface area (Å²) in [7, 11) is -0.625. The zero-order valence-corrected chi connectivity index (χ0v) is 15.2. The van der Waals surface area contributed by atoms with Crippen LogP contribution < -0.4 is 10.8 Å². The van der Waals surface area contributed by atoms with Crippen molar-refractivity contribution < 1.29 is 23.2 Å². The Morgan fingerprint density at radius 1 is 1.16 bits per heavy atom. The molecule has 0 aliphatic carbocycles. The fourth-order valence-electron chi connectivity index (χ4n) is 2.95. The fourth-order valence-corrected chi connectivity index (χ4v) is 2.95. The molecule has 2 aliphatic rings. The second-order valence-corrected chi connectivity index (χ2v) is 7.69. The third-order valence-corrected chi connectivity index (χ3v) is 5.32. The van der Waals surface area contributed by atoms with Gasteiger partial charge >= 0.3 is 7.12 Å². The van der Waals surface area contributed by atoms with E-state index in [2.05, 4.69) is 5.32 Å². The van der Waals surface area contributed by atoms with Crippen molar-refractivity contribution in [3.8, 4) is 0 Å². The summed E-state index contributed by atoms with van der Waals surface area (Å²) in [4.78, 5) is 12.5. The summed E-state index contributed by atoms with van der Waals surface area (Å²) in [5, 5.41) is 2.89. The van der Waals surface area contributed by atoms with Gasteiger partial charge in [-0.15, -0.1) is 0 Å². The van der Waals surface area contributed by atoms with Crippen LogP contribution in [0.5, 0.6) is 0 Å². The number of nitrogens with one attached hydrogen (secondary N) is 1. The first-order chi connectivity index (χ1) is 11.7. The zero-order valence-electron chi connectivity index (χ0n) is 15.2. The number of amides is 1. The van der Waals surface area contributed by atoms with Gasteiger partial charge in [-0.2, -0.15) is 0 Å². The molecule has 1 amide bonds. The summed E-state index contributed by atoms with van der Waals surface area (Å²) in [5.41, 5.74) is -0.330. The van der Waals surface area contributed by atoms with E-state index in [4.69, 9.17) is 14.0 Å². The zero-order chi connectivity index (χ0) is 18.2. The van der Waals surface area contributed by atoms with E-state index in [0.717, 1.165) is 12.8 Å². The molecule has 0 aromatic heterocycles. The third-order valence-electron chi connectivity index (χ3n) is 5.32. The van der Waals surface area contributed by atoms with Crippen LogP contribution in [-0.2, 0) is 14.0 Å². The van der Waals surface area contributed by atoms with E-state index in [0.29, 0.717) is 18.7 Å². The van der Waals surface area contributed by atoms with Gasteiger partial charge in [-0.1, -0.05) is 6.07 Å². The Labute approximate surface area is 148 Å². The van der Waals surface area contributed by atoms with Crippen LogP contribution in [0.25, 0.3) is 0 Å². The lowest BCUT2D eigenvalue weighted by molar-refractivity contribution is 0.00578. The van der Waals surface area contributed by atoms with Gasteiger partial charge in [0.2, 0.25) is 0 Å². The van der Waals surface area contributed by atoms with E-state index >= 15 is 0 Å². The Morgan fingerprint density at radius 2 is 1.76 bits per heavy atom. The van der Waals surface area contributed by atoms with Crippen molar-refractivity contribution >= 4 is 18.5 Å². The van der Waals surface area contributed by atoms with Crippen LogP contribution in [0.2, 0.25) is 0 Å². The molecule has 0 unspecified atom stereocenters. The molecule has 7 heteroatoms. The summed E-state index contributed by atoms with van der Waals surface area (Å²) in [6.45, 7) is 9.04. The van der Waals surface area contributed by atoms with Crippen molar-refractivity contribution in [1.82, 2.24) is 5.32 Å². The molecule has 0 radical (unpaired) electrons. The van der Waals surface area contributed by atoms with Gasteiger partial charge < -0.3 is 19.4 Å². The summed E-state index contributed by atoms with van der Waals surface area (Å²) in [6, 6.07) is 4.43. The van der Waals surface area contributed by atoms with Crippen LogP contribution in [-0.4, -0.2) is 43.5 Å². The smallest absolute Gasteiger partial charge is 0.399 e. The third kappa shape index (κ3) is 3.73. The van der Waals surface area contributed by atoms with Crippen molar-refractivity contribution in [2.45, 2.75) is 57.8 Å². The minimum Gasteiger partial charge on any atom is -0.399 e. The Kier molecular flexibility index (Phi) is 4.92. The Morgan fingerprint density at radius 3 is 2.36 bits per heavy atom. The number of hydrogen-bond donors (Lipinski definition) is 1. The molecule has 2 aliphatic heterocycles. The molecule has 25 heavy (non-hydrogen) atoms. The molecule has 1 aromatic rings. The molecule has 0 atom stereocenters. The van der Waals surface area contributed by atoms with Gasteiger partial charge in [0.15, 0.2) is 0 Å². The lowest BCUT2D eigenvalue weighted by Gasteiger charge is -2.32. The Balaban J connectivity index is 1.78. The minimum absolute atomic E-state index is 0.0127. The predicted octanol–water partition coefficient (Wildman–Crippen LogP) is 2.03. The molecule has 2 saturated heterocycles. The highest BCUT2D eigenvalue weighted by atomic mass is 19.1. The van der Waals surface area contributed by atoms with Gasteiger partial charge in [-0.25, -0.2) is 4.39 Å². The van der Waals surface area contributed by atoms with Crippen molar-refractivity contribution in [3.05, 3.63) is 29.6 Å². The van der Waals surface area contributed by atoms with Gasteiger partial charge in [-0.3, -0.25) is 4.79 Å². The van der Waals surface area contributed by atoms with Gasteiger partial charge in [-0.05, 0) is 58.1 Å². The standard InChI is InChI=1S/C18H25BFNO4/c1-17(2)18(3,4)25-19(24-17)12-5-6-15(20)14(11-12)16(22)21-13-7-9-23-10-8-13/h5-6,11,13H,7-10H2,1-4H3,(H,21,22).